The van der Waals surface area contributed by atoms with E-state index in [1.165, 1.54) is 4.57 Å². The average Bonchev–Trinajstić information content (AvgIpc) is 3.28. The number of methoxy groups -OCH3 is 1. The number of nitrogens with zero attached hydrogens (tertiary/aromatic N) is 3. The van der Waals surface area contributed by atoms with Gasteiger partial charge in [-0.1, -0.05) is 24.3 Å². The van der Waals surface area contributed by atoms with Gasteiger partial charge in [-0.15, -0.1) is 0 Å². The minimum absolute atomic E-state index is 0.0176. The number of ether oxygens (including phenoxy) is 5. The quantitative estimate of drug-likeness (QED) is 0.0866. The third-order valence-electron chi connectivity index (χ3n) is 5.70. The number of anilines is 1. The van der Waals surface area contributed by atoms with Crippen molar-refractivity contribution in [3.05, 3.63) is 45.9 Å². The lowest BCUT2D eigenvalue weighted by molar-refractivity contribution is -0.138. The van der Waals surface area contributed by atoms with Gasteiger partial charge in [-0.05, 0) is 23.3 Å². The molecule has 0 fully saturated rings. The van der Waals surface area contributed by atoms with Gasteiger partial charge in [0.25, 0.3) is 0 Å². The summed E-state index contributed by atoms with van der Waals surface area (Å²) < 4.78 is 27.9. The first-order chi connectivity index (χ1) is 20.4. The lowest BCUT2D eigenvalue weighted by Gasteiger charge is -2.11. The van der Waals surface area contributed by atoms with Crippen molar-refractivity contribution in [2.75, 3.05) is 72.2 Å². The summed E-state index contributed by atoms with van der Waals surface area (Å²) in [7, 11) is 1.56. The number of nitrogens with one attached hydrogen (secondary N) is 3. The molecule has 42 heavy (non-hydrogen) atoms. The second-order valence-corrected chi connectivity index (χ2v) is 9.26. The molecule has 0 unspecified atom stereocenters. The zero-order valence-corrected chi connectivity index (χ0v) is 24.2. The lowest BCUT2D eigenvalue weighted by atomic mass is 10.1. The Labute approximate surface area is 247 Å². The average molecular weight is 608 g/mol. The highest BCUT2D eigenvalue weighted by atomic mass is 32.1. The maximum absolute atomic E-state index is 12.6. The third kappa shape index (κ3) is 11.2. The molecule has 16 heteroatoms. The molecule has 1 aromatic carbocycles. The van der Waals surface area contributed by atoms with Crippen LogP contribution in [0.5, 0.6) is 6.01 Å². The number of aromatic nitrogens is 4. The Balaban J connectivity index is 1.34. The highest BCUT2D eigenvalue weighted by molar-refractivity contribution is 7.80. The molecule has 0 aliphatic rings. The molecule has 0 bridgehead atoms. The molecular formula is C26H37N7O8S. The van der Waals surface area contributed by atoms with Crippen LogP contribution in [0.25, 0.3) is 11.2 Å². The van der Waals surface area contributed by atoms with Crippen LogP contribution in [-0.2, 0) is 36.8 Å². The predicted octanol–water partition coefficient (Wildman–Crippen LogP) is 0.264. The van der Waals surface area contributed by atoms with Gasteiger partial charge >= 0.3 is 17.7 Å². The van der Waals surface area contributed by atoms with Crippen molar-refractivity contribution in [1.82, 2.24) is 30.2 Å². The van der Waals surface area contributed by atoms with Crippen molar-refractivity contribution in [1.29, 1.82) is 0 Å². The van der Waals surface area contributed by atoms with Gasteiger partial charge in [0.1, 0.15) is 12.1 Å². The van der Waals surface area contributed by atoms with Crippen molar-refractivity contribution in [3.8, 4) is 6.01 Å². The molecule has 0 amide bonds. The molecule has 3 rings (SSSR count). The van der Waals surface area contributed by atoms with E-state index < -0.39 is 5.97 Å². The van der Waals surface area contributed by atoms with Crippen molar-refractivity contribution in [2.24, 2.45) is 0 Å². The van der Waals surface area contributed by atoms with Crippen molar-refractivity contribution < 1.29 is 33.6 Å². The van der Waals surface area contributed by atoms with E-state index in [9.17, 15) is 9.59 Å². The first kappa shape index (κ1) is 32.7. The summed E-state index contributed by atoms with van der Waals surface area (Å²) in [6, 6.07) is 7.83. The minimum Gasteiger partial charge on any atom is -0.481 e. The summed E-state index contributed by atoms with van der Waals surface area (Å²) >= 11 is 5.32. The number of carboxylic acids is 1. The highest BCUT2D eigenvalue weighted by Gasteiger charge is 2.15. The zero-order valence-electron chi connectivity index (χ0n) is 23.4. The summed E-state index contributed by atoms with van der Waals surface area (Å²) in [6.07, 6.45) is -0.0176. The molecule has 0 aliphatic heterocycles. The second-order valence-electron chi connectivity index (χ2n) is 8.85. The summed E-state index contributed by atoms with van der Waals surface area (Å²) in [5, 5.41) is 15.3. The number of hydrogen-bond donors (Lipinski definition) is 5. The number of carbonyl (C=O) groups is 1. The minimum atomic E-state index is -0.886. The van der Waals surface area contributed by atoms with Crippen LogP contribution in [0.4, 0.5) is 5.82 Å². The Bertz CT molecular complexity index is 1330. The van der Waals surface area contributed by atoms with Gasteiger partial charge in [0.15, 0.2) is 16.6 Å². The van der Waals surface area contributed by atoms with E-state index in [-0.39, 0.29) is 43.7 Å². The molecule has 0 aliphatic carbocycles. The van der Waals surface area contributed by atoms with E-state index in [0.29, 0.717) is 69.0 Å². The molecule has 0 spiro atoms. The second kappa shape index (κ2) is 17.9. The van der Waals surface area contributed by atoms with E-state index in [2.05, 4.69) is 25.6 Å². The van der Waals surface area contributed by atoms with E-state index in [0.717, 1.165) is 11.1 Å². The molecule has 2 heterocycles. The summed E-state index contributed by atoms with van der Waals surface area (Å²) in [5.41, 5.74) is 8.28. The number of thiocarbonyl (C=S) groups is 1. The van der Waals surface area contributed by atoms with E-state index in [1.807, 2.05) is 24.3 Å². The van der Waals surface area contributed by atoms with Gasteiger partial charge in [0.05, 0.1) is 59.2 Å². The molecule has 2 aromatic heterocycles. The highest BCUT2D eigenvalue weighted by Crippen LogP contribution is 2.18. The molecule has 15 nitrogen and oxygen atoms in total. The zero-order chi connectivity index (χ0) is 30.2. The first-order valence-corrected chi connectivity index (χ1v) is 13.7. The number of aliphatic carboxylic acids is 1. The van der Waals surface area contributed by atoms with E-state index in [1.54, 1.807) is 7.11 Å². The number of fused-ring (bicyclic) bond motifs is 1. The van der Waals surface area contributed by atoms with Crippen molar-refractivity contribution in [3.63, 3.8) is 0 Å². The monoisotopic (exact) mass is 607 g/mol. The number of rotatable bonds is 20. The van der Waals surface area contributed by atoms with Crippen LogP contribution in [0, 0.1) is 0 Å². The maximum Gasteiger partial charge on any atom is 0.328 e. The summed E-state index contributed by atoms with van der Waals surface area (Å²) in [4.78, 5) is 34.1. The number of aromatic amines is 1. The van der Waals surface area contributed by atoms with Gasteiger partial charge in [-0.2, -0.15) is 9.97 Å². The summed E-state index contributed by atoms with van der Waals surface area (Å²) in [5.74, 6) is -0.758. The largest absolute Gasteiger partial charge is 0.481 e. The van der Waals surface area contributed by atoms with Crippen LogP contribution < -0.4 is 26.8 Å². The molecule has 0 atom stereocenters. The smallest absolute Gasteiger partial charge is 0.328 e. The number of nitrogen functional groups attached to an aromatic ring is 1. The molecule has 3 aromatic rings. The molecule has 0 saturated carbocycles. The third-order valence-corrected chi connectivity index (χ3v) is 5.99. The number of H-pyrrole nitrogens is 1. The fraction of sp³-hybridized carbons (Fsp3) is 0.500. The van der Waals surface area contributed by atoms with Crippen LogP contribution in [0.1, 0.15) is 17.5 Å². The molecule has 0 radical (unpaired) electrons. The SMILES string of the molecule is COCCOc1nc(N)c2[nH]c(=O)n(Cc3ccc(CNC(=S)NCCOCCOCCOCCC(=O)O)cc3)c2n1. The number of carboxylic acid groups (broad SMARTS) is 1. The van der Waals surface area contributed by atoms with Gasteiger partial charge in [-0.3, -0.25) is 9.36 Å². The Kier molecular flexibility index (Phi) is 13.9. The normalized spacial score (nSPS) is 11.1. The van der Waals surface area contributed by atoms with Gasteiger partial charge in [-0.25, -0.2) is 4.79 Å². The number of hydrogen-bond acceptors (Lipinski definition) is 11. The van der Waals surface area contributed by atoms with Gasteiger partial charge in [0.2, 0.25) is 0 Å². The number of imidazole rings is 1. The maximum atomic E-state index is 12.6. The van der Waals surface area contributed by atoms with Crippen molar-refractivity contribution in [2.45, 2.75) is 19.5 Å². The van der Waals surface area contributed by atoms with Crippen LogP contribution in [0.2, 0.25) is 0 Å². The predicted molar refractivity (Wildman–Crippen MR) is 158 cm³/mol. The molecule has 6 N–H and O–H groups in total. The van der Waals surface area contributed by atoms with E-state index in [4.69, 9.17) is 46.7 Å². The number of benzene rings is 1. The van der Waals surface area contributed by atoms with Crippen molar-refractivity contribution >= 4 is 40.3 Å². The molecule has 0 saturated heterocycles. The van der Waals surface area contributed by atoms with Gasteiger partial charge < -0.3 is 50.1 Å². The molecule has 230 valence electrons. The lowest BCUT2D eigenvalue weighted by Crippen LogP contribution is -2.36. The Hall–Kier alpha value is -3.83. The van der Waals surface area contributed by atoms with Crippen LogP contribution in [0.15, 0.2) is 29.1 Å². The standard InChI is InChI=1S/C26H37N7O8S/c1-37-10-15-41-24-31-22(27)21-23(32-24)33(26(36)30-21)17-19-4-2-18(3-5-19)16-29-25(42)28-7-9-39-12-14-40-13-11-38-8-6-20(34)35/h2-5H,6-17H2,1H3,(H,30,36)(H,34,35)(H2,27,31,32)(H2,28,29,42). The van der Waals surface area contributed by atoms with E-state index >= 15 is 0 Å². The number of nitrogens with two attached hydrogens (primary N) is 1. The summed E-state index contributed by atoms with van der Waals surface area (Å²) in [6.45, 7) is 4.17. The Morgan fingerprint density at radius 1 is 0.976 bits per heavy atom. The fourth-order valence-corrected chi connectivity index (χ4v) is 3.76. The Morgan fingerprint density at radius 2 is 1.64 bits per heavy atom. The molecular weight excluding hydrogens is 570 g/mol. The van der Waals surface area contributed by atoms with Crippen LogP contribution >= 0.6 is 12.2 Å². The topological polar surface area (TPSA) is 197 Å². The van der Waals surface area contributed by atoms with Crippen LogP contribution in [-0.4, -0.2) is 102 Å². The van der Waals surface area contributed by atoms with Gasteiger partial charge in [0, 0.05) is 20.2 Å². The first-order valence-electron chi connectivity index (χ1n) is 13.3. The fourth-order valence-electron chi connectivity index (χ4n) is 3.59. The van der Waals surface area contributed by atoms with Crippen LogP contribution in [0.3, 0.4) is 0 Å². The Morgan fingerprint density at radius 3 is 2.33 bits per heavy atom.